The standard InChI is InChI=1S/C16H20N4O3S/c1-23-13-15-11-20(18-17-15)16-7-9-19(12-16)24(21,22)10-8-14-5-3-2-4-6-14/h2-6,8,10-11,16H,7,9,12-13H2,1H3/b10-8+. The second-order valence-electron chi connectivity index (χ2n) is 5.68. The molecular formula is C16H20N4O3S. The molecule has 1 aromatic carbocycles. The predicted molar refractivity (Wildman–Crippen MR) is 90.4 cm³/mol. The Hall–Kier alpha value is -2.03. The maximum Gasteiger partial charge on any atom is 0.236 e. The van der Waals surface area contributed by atoms with Crippen LogP contribution in [0.4, 0.5) is 0 Å². The zero-order chi connectivity index (χ0) is 17.0. The van der Waals surface area contributed by atoms with Crippen molar-refractivity contribution in [2.45, 2.75) is 19.1 Å². The lowest BCUT2D eigenvalue weighted by atomic mass is 10.2. The Balaban J connectivity index is 1.66. The lowest BCUT2D eigenvalue weighted by Crippen LogP contribution is -2.27. The van der Waals surface area contributed by atoms with Crippen LogP contribution in [0, 0.1) is 0 Å². The minimum Gasteiger partial charge on any atom is -0.378 e. The highest BCUT2D eigenvalue weighted by Gasteiger charge is 2.31. The number of ether oxygens (including phenoxy) is 1. The number of benzene rings is 1. The largest absolute Gasteiger partial charge is 0.378 e. The third kappa shape index (κ3) is 3.89. The van der Waals surface area contributed by atoms with Crippen molar-refractivity contribution in [3.8, 4) is 0 Å². The van der Waals surface area contributed by atoms with Gasteiger partial charge in [0.25, 0.3) is 0 Å². The summed E-state index contributed by atoms with van der Waals surface area (Å²) < 4.78 is 33.2. The summed E-state index contributed by atoms with van der Waals surface area (Å²) in [6, 6.07) is 9.38. The first-order valence-electron chi connectivity index (χ1n) is 7.71. The molecule has 1 fully saturated rings. The van der Waals surface area contributed by atoms with Crippen molar-refractivity contribution >= 4 is 16.1 Å². The van der Waals surface area contributed by atoms with Crippen LogP contribution in [0.2, 0.25) is 0 Å². The Morgan fingerprint density at radius 1 is 1.33 bits per heavy atom. The van der Waals surface area contributed by atoms with E-state index in [1.165, 1.54) is 9.71 Å². The van der Waals surface area contributed by atoms with Crippen LogP contribution in [0.1, 0.15) is 23.7 Å². The van der Waals surface area contributed by atoms with E-state index >= 15 is 0 Å². The Kier molecular flexibility index (Phi) is 5.08. The average molecular weight is 348 g/mol. The summed E-state index contributed by atoms with van der Waals surface area (Å²) in [6.07, 6.45) is 4.15. The van der Waals surface area contributed by atoms with Crippen LogP contribution in [0.25, 0.3) is 6.08 Å². The summed E-state index contributed by atoms with van der Waals surface area (Å²) in [7, 11) is -1.84. The van der Waals surface area contributed by atoms with Gasteiger partial charge in [-0.05, 0) is 18.1 Å². The molecule has 0 aliphatic carbocycles. The molecule has 1 atom stereocenters. The third-order valence-electron chi connectivity index (χ3n) is 3.94. The topological polar surface area (TPSA) is 77.3 Å². The van der Waals surface area contributed by atoms with E-state index in [0.29, 0.717) is 26.1 Å². The molecule has 8 heteroatoms. The quantitative estimate of drug-likeness (QED) is 0.794. The van der Waals surface area contributed by atoms with Crippen LogP contribution in [-0.2, 0) is 21.4 Å². The molecule has 0 amide bonds. The highest BCUT2D eigenvalue weighted by molar-refractivity contribution is 7.92. The van der Waals surface area contributed by atoms with Gasteiger partial charge in [0.1, 0.15) is 5.69 Å². The van der Waals surface area contributed by atoms with Gasteiger partial charge in [0.05, 0.1) is 18.8 Å². The first-order valence-corrected chi connectivity index (χ1v) is 9.22. The Morgan fingerprint density at radius 2 is 2.12 bits per heavy atom. The SMILES string of the molecule is COCc1cn(C2CCN(S(=O)(=O)/C=C/c3ccccc3)C2)nn1. The highest BCUT2D eigenvalue weighted by Crippen LogP contribution is 2.24. The molecule has 0 spiro atoms. The highest BCUT2D eigenvalue weighted by atomic mass is 32.2. The van der Waals surface area contributed by atoms with Gasteiger partial charge in [0, 0.05) is 25.6 Å². The van der Waals surface area contributed by atoms with Gasteiger partial charge in [0.15, 0.2) is 0 Å². The maximum absolute atomic E-state index is 12.5. The van der Waals surface area contributed by atoms with Crippen molar-refractivity contribution in [3.05, 3.63) is 53.2 Å². The first kappa shape index (κ1) is 16.8. The van der Waals surface area contributed by atoms with Gasteiger partial charge >= 0.3 is 0 Å². The number of nitrogens with zero attached hydrogens (tertiary/aromatic N) is 4. The fraction of sp³-hybridized carbons (Fsp3) is 0.375. The van der Waals surface area contributed by atoms with Crippen LogP contribution in [0.3, 0.4) is 0 Å². The Morgan fingerprint density at radius 3 is 2.88 bits per heavy atom. The van der Waals surface area contributed by atoms with E-state index in [-0.39, 0.29) is 6.04 Å². The number of rotatable bonds is 6. The van der Waals surface area contributed by atoms with Crippen LogP contribution < -0.4 is 0 Å². The molecule has 1 saturated heterocycles. The molecular weight excluding hydrogens is 328 g/mol. The number of sulfonamides is 1. The van der Waals surface area contributed by atoms with Crippen LogP contribution in [-0.4, -0.2) is 47.9 Å². The molecule has 1 aromatic heterocycles. The monoisotopic (exact) mass is 348 g/mol. The van der Waals surface area contributed by atoms with E-state index in [4.69, 9.17) is 4.74 Å². The van der Waals surface area contributed by atoms with Crippen molar-refractivity contribution < 1.29 is 13.2 Å². The molecule has 1 aliphatic rings. The lowest BCUT2D eigenvalue weighted by molar-refractivity contribution is 0.181. The average Bonchev–Trinajstić information content (AvgIpc) is 3.24. The van der Waals surface area contributed by atoms with Gasteiger partial charge in [-0.15, -0.1) is 5.10 Å². The van der Waals surface area contributed by atoms with E-state index in [0.717, 1.165) is 11.3 Å². The second kappa shape index (κ2) is 7.25. The van der Waals surface area contributed by atoms with E-state index in [1.54, 1.807) is 17.9 Å². The summed E-state index contributed by atoms with van der Waals surface area (Å²) in [5, 5.41) is 9.36. The Labute approximate surface area is 141 Å². The molecule has 3 rings (SSSR count). The van der Waals surface area contributed by atoms with Crippen LogP contribution in [0.15, 0.2) is 41.9 Å². The molecule has 0 radical (unpaired) electrons. The Bertz CT molecular complexity index is 802. The van der Waals surface area contributed by atoms with Gasteiger partial charge < -0.3 is 4.74 Å². The summed E-state index contributed by atoms with van der Waals surface area (Å²) in [5.74, 6) is 0. The molecule has 2 heterocycles. The van der Waals surface area contributed by atoms with Gasteiger partial charge in [-0.2, -0.15) is 4.31 Å². The van der Waals surface area contributed by atoms with E-state index in [2.05, 4.69) is 10.3 Å². The molecule has 0 saturated carbocycles. The predicted octanol–water partition coefficient (Wildman–Crippen LogP) is 1.67. The zero-order valence-corrected chi connectivity index (χ0v) is 14.3. The molecule has 128 valence electrons. The van der Waals surface area contributed by atoms with Crippen LogP contribution >= 0.6 is 0 Å². The number of aromatic nitrogens is 3. The molecule has 7 nitrogen and oxygen atoms in total. The molecule has 2 aromatic rings. The van der Waals surface area contributed by atoms with Gasteiger partial charge in [-0.1, -0.05) is 35.5 Å². The number of hydrogen-bond donors (Lipinski definition) is 0. The second-order valence-corrected chi connectivity index (χ2v) is 7.50. The molecule has 0 N–H and O–H groups in total. The van der Waals surface area contributed by atoms with Crippen molar-refractivity contribution in [1.82, 2.24) is 19.3 Å². The van der Waals surface area contributed by atoms with Gasteiger partial charge in [0.2, 0.25) is 10.0 Å². The maximum atomic E-state index is 12.5. The van der Waals surface area contributed by atoms with Crippen LogP contribution in [0.5, 0.6) is 0 Å². The fourth-order valence-electron chi connectivity index (χ4n) is 2.68. The number of hydrogen-bond acceptors (Lipinski definition) is 5. The summed E-state index contributed by atoms with van der Waals surface area (Å²) in [6.45, 7) is 1.28. The minimum atomic E-state index is -3.44. The van der Waals surface area contributed by atoms with E-state index in [9.17, 15) is 8.42 Å². The van der Waals surface area contributed by atoms with E-state index in [1.807, 2.05) is 36.5 Å². The summed E-state index contributed by atoms with van der Waals surface area (Å²) in [5.41, 5.74) is 1.60. The molecule has 24 heavy (non-hydrogen) atoms. The van der Waals surface area contributed by atoms with Gasteiger partial charge in [-0.3, -0.25) is 0 Å². The van der Waals surface area contributed by atoms with Crippen molar-refractivity contribution in [3.63, 3.8) is 0 Å². The molecule has 1 aliphatic heterocycles. The lowest BCUT2D eigenvalue weighted by Gasteiger charge is -2.13. The summed E-state index contributed by atoms with van der Waals surface area (Å²) >= 11 is 0. The third-order valence-corrected chi connectivity index (χ3v) is 5.47. The minimum absolute atomic E-state index is 0.00278. The smallest absolute Gasteiger partial charge is 0.236 e. The zero-order valence-electron chi connectivity index (χ0n) is 13.4. The molecule has 1 unspecified atom stereocenters. The van der Waals surface area contributed by atoms with Crippen molar-refractivity contribution in [1.29, 1.82) is 0 Å². The summed E-state index contributed by atoms with van der Waals surface area (Å²) in [4.78, 5) is 0. The fourth-order valence-corrected chi connectivity index (χ4v) is 3.92. The molecule has 0 bridgehead atoms. The first-order chi connectivity index (χ1) is 11.6. The van der Waals surface area contributed by atoms with E-state index < -0.39 is 10.0 Å². The normalized spacial score (nSPS) is 19.3. The number of methoxy groups -OCH3 is 1. The van der Waals surface area contributed by atoms with Gasteiger partial charge in [-0.25, -0.2) is 13.1 Å². The van der Waals surface area contributed by atoms with Crippen molar-refractivity contribution in [2.24, 2.45) is 0 Å². The van der Waals surface area contributed by atoms with Crippen molar-refractivity contribution in [2.75, 3.05) is 20.2 Å².